The number of rotatable bonds is 4. The van der Waals surface area contributed by atoms with Gasteiger partial charge in [0, 0.05) is 0 Å². The van der Waals surface area contributed by atoms with E-state index in [9.17, 15) is 0 Å². The topological polar surface area (TPSA) is 9.23 Å². The Bertz CT molecular complexity index is 798. The number of benzene rings is 3. The van der Waals surface area contributed by atoms with Gasteiger partial charge in [-0.3, -0.25) is 0 Å². The van der Waals surface area contributed by atoms with Crippen molar-refractivity contribution in [3.63, 3.8) is 0 Å². The van der Waals surface area contributed by atoms with Crippen molar-refractivity contribution in [1.29, 1.82) is 0 Å². The summed E-state index contributed by atoms with van der Waals surface area (Å²) in [4.78, 5) is 0. The zero-order valence-corrected chi connectivity index (χ0v) is 13.0. The lowest BCUT2D eigenvalue weighted by atomic mass is 9.95. The van der Waals surface area contributed by atoms with Crippen molar-refractivity contribution in [2.24, 2.45) is 0 Å². The van der Waals surface area contributed by atoms with Crippen LogP contribution in [0.25, 0.3) is 16.8 Å². The Morgan fingerprint density at radius 2 is 1.55 bits per heavy atom. The van der Waals surface area contributed by atoms with Crippen molar-refractivity contribution in [2.45, 2.75) is 19.4 Å². The summed E-state index contributed by atoms with van der Waals surface area (Å²) < 4.78 is 6.20. The monoisotopic (exact) mass is 288 g/mol. The predicted molar refractivity (Wildman–Crippen MR) is 94.1 cm³/mol. The van der Waals surface area contributed by atoms with Crippen LogP contribution in [0.1, 0.15) is 25.0 Å². The van der Waals surface area contributed by atoms with Crippen molar-refractivity contribution >= 4 is 16.8 Å². The highest BCUT2D eigenvalue weighted by Crippen LogP contribution is 2.30. The van der Waals surface area contributed by atoms with Crippen molar-refractivity contribution in [1.82, 2.24) is 0 Å². The maximum atomic E-state index is 6.20. The molecule has 0 spiro atoms. The fraction of sp³-hybridized carbons (Fsp3) is 0.143. The summed E-state index contributed by atoms with van der Waals surface area (Å²) in [6, 6.07) is 22.9. The van der Waals surface area contributed by atoms with Crippen molar-refractivity contribution < 1.29 is 4.74 Å². The van der Waals surface area contributed by atoms with Gasteiger partial charge in [0.05, 0.1) is 0 Å². The van der Waals surface area contributed by atoms with Crippen LogP contribution in [0.3, 0.4) is 0 Å². The van der Waals surface area contributed by atoms with Crippen LogP contribution in [0.2, 0.25) is 0 Å². The number of hydrogen-bond donors (Lipinski definition) is 0. The quantitative estimate of drug-likeness (QED) is 0.589. The lowest BCUT2D eigenvalue weighted by Crippen LogP contribution is -2.25. The molecule has 3 rings (SSSR count). The molecule has 1 heteroatoms. The van der Waals surface area contributed by atoms with Gasteiger partial charge in [-0.05, 0) is 53.9 Å². The highest BCUT2D eigenvalue weighted by molar-refractivity contribution is 5.83. The van der Waals surface area contributed by atoms with Crippen LogP contribution in [-0.2, 0) is 5.60 Å². The Balaban J connectivity index is 1.90. The van der Waals surface area contributed by atoms with Gasteiger partial charge in [0.15, 0.2) is 0 Å². The summed E-state index contributed by atoms with van der Waals surface area (Å²) in [5.41, 5.74) is 1.87. The van der Waals surface area contributed by atoms with E-state index in [1.54, 1.807) is 0 Å². The predicted octanol–water partition coefficient (Wildman–Crippen LogP) is 5.80. The van der Waals surface area contributed by atoms with Gasteiger partial charge in [-0.15, -0.1) is 0 Å². The molecule has 0 unspecified atom stereocenters. The Morgan fingerprint density at radius 1 is 0.864 bits per heavy atom. The van der Waals surface area contributed by atoms with E-state index in [1.807, 2.05) is 30.3 Å². The van der Waals surface area contributed by atoms with Crippen LogP contribution >= 0.6 is 0 Å². The largest absolute Gasteiger partial charge is 0.483 e. The molecule has 0 saturated carbocycles. The molecule has 22 heavy (non-hydrogen) atoms. The second kappa shape index (κ2) is 5.69. The van der Waals surface area contributed by atoms with E-state index in [0.717, 1.165) is 11.3 Å². The highest BCUT2D eigenvalue weighted by Gasteiger charge is 2.22. The standard InChI is InChI=1S/C21H20O/c1-4-16-9-13-20(14-10-16)22-21(2,3)19-12-11-17-7-5-6-8-18(17)15-19/h4-15H,1H2,2-3H3. The van der Waals surface area contributed by atoms with Crippen molar-refractivity contribution in [2.75, 3.05) is 0 Å². The van der Waals surface area contributed by atoms with Crippen molar-refractivity contribution in [3.8, 4) is 5.75 Å². The van der Waals surface area contributed by atoms with Gasteiger partial charge in [0.2, 0.25) is 0 Å². The molecule has 0 aromatic heterocycles. The summed E-state index contributed by atoms with van der Waals surface area (Å²) in [6.45, 7) is 7.96. The molecule has 0 heterocycles. The minimum Gasteiger partial charge on any atom is -0.483 e. The summed E-state index contributed by atoms with van der Waals surface area (Å²) >= 11 is 0. The normalized spacial score (nSPS) is 11.4. The van der Waals surface area contributed by atoms with E-state index >= 15 is 0 Å². The van der Waals surface area contributed by atoms with Crippen LogP contribution in [-0.4, -0.2) is 0 Å². The molecule has 0 fully saturated rings. The molecule has 0 saturated heterocycles. The van der Waals surface area contributed by atoms with Gasteiger partial charge < -0.3 is 4.74 Å². The van der Waals surface area contributed by atoms with Crippen LogP contribution in [0.5, 0.6) is 5.75 Å². The van der Waals surface area contributed by atoms with Gasteiger partial charge in [-0.25, -0.2) is 0 Å². The van der Waals surface area contributed by atoms with E-state index in [0.29, 0.717) is 0 Å². The fourth-order valence-corrected chi connectivity index (χ4v) is 2.59. The van der Waals surface area contributed by atoms with E-state index < -0.39 is 0 Å². The first-order chi connectivity index (χ1) is 10.6. The molecule has 0 N–H and O–H groups in total. The van der Waals surface area contributed by atoms with Gasteiger partial charge >= 0.3 is 0 Å². The summed E-state index contributed by atoms with van der Waals surface area (Å²) in [5.74, 6) is 0.865. The Hall–Kier alpha value is -2.54. The minimum atomic E-state index is -0.389. The third-order valence-corrected chi connectivity index (χ3v) is 3.93. The molecular formula is C21H20O. The third-order valence-electron chi connectivity index (χ3n) is 3.93. The zero-order chi connectivity index (χ0) is 15.6. The Kier molecular flexibility index (Phi) is 3.72. The molecular weight excluding hydrogens is 268 g/mol. The molecule has 1 nitrogen and oxygen atoms in total. The lowest BCUT2D eigenvalue weighted by molar-refractivity contribution is 0.109. The second-order valence-electron chi connectivity index (χ2n) is 5.95. The zero-order valence-electron chi connectivity index (χ0n) is 13.0. The number of fused-ring (bicyclic) bond motifs is 1. The second-order valence-corrected chi connectivity index (χ2v) is 5.95. The molecule has 0 amide bonds. The molecule has 0 aliphatic rings. The number of hydrogen-bond acceptors (Lipinski definition) is 1. The van der Waals surface area contributed by atoms with Crippen LogP contribution in [0.4, 0.5) is 0 Å². The molecule has 3 aromatic carbocycles. The SMILES string of the molecule is C=Cc1ccc(OC(C)(C)c2ccc3ccccc3c2)cc1. The molecule has 3 aromatic rings. The summed E-state index contributed by atoms with van der Waals surface area (Å²) in [7, 11) is 0. The van der Waals surface area contributed by atoms with Crippen LogP contribution in [0.15, 0.2) is 73.3 Å². The third kappa shape index (κ3) is 2.89. The molecule has 0 aliphatic heterocycles. The first-order valence-electron chi connectivity index (χ1n) is 7.49. The Morgan fingerprint density at radius 3 is 2.23 bits per heavy atom. The molecule has 0 atom stereocenters. The minimum absolute atomic E-state index is 0.389. The smallest absolute Gasteiger partial charge is 0.128 e. The molecule has 0 bridgehead atoms. The highest BCUT2D eigenvalue weighted by atomic mass is 16.5. The van der Waals surface area contributed by atoms with Gasteiger partial charge in [0.1, 0.15) is 11.4 Å². The maximum absolute atomic E-state index is 6.20. The van der Waals surface area contributed by atoms with E-state index in [1.165, 1.54) is 16.3 Å². The summed E-state index contributed by atoms with van der Waals surface area (Å²) in [5, 5.41) is 2.48. The maximum Gasteiger partial charge on any atom is 0.128 e. The molecule has 110 valence electrons. The van der Waals surface area contributed by atoms with Gasteiger partial charge in [0.25, 0.3) is 0 Å². The van der Waals surface area contributed by atoms with E-state index in [4.69, 9.17) is 4.74 Å². The number of ether oxygens (including phenoxy) is 1. The average Bonchev–Trinajstić information content (AvgIpc) is 2.55. The van der Waals surface area contributed by atoms with Crippen molar-refractivity contribution in [3.05, 3.63) is 84.4 Å². The van der Waals surface area contributed by atoms with Gasteiger partial charge in [-0.1, -0.05) is 61.2 Å². The lowest BCUT2D eigenvalue weighted by Gasteiger charge is -2.27. The molecule has 0 radical (unpaired) electrons. The van der Waals surface area contributed by atoms with Crippen LogP contribution in [0, 0.1) is 0 Å². The Labute approximate surface area is 131 Å². The molecule has 0 aliphatic carbocycles. The fourth-order valence-electron chi connectivity index (χ4n) is 2.59. The van der Waals surface area contributed by atoms with E-state index in [-0.39, 0.29) is 5.60 Å². The van der Waals surface area contributed by atoms with Crippen LogP contribution < -0.4 is 4.74 Å². The first-order valence-corrected chi connectivity index (χ1v) is 7.49. The summed E-state index contributed by atoms with van der Waals surface area (Å²) in [6.07, 6.45) is 1.83. The van der Waals surface area contributed by atoms with E-state index in [2.05, 4.69) is 62.9 Å². The first kappa shape index (κ1) is 14.4. The average molecular weight is 288 g/mol. The van der Waals surface area contributed by atoms with Gasteiger partial charge in [-0.2, -0.15) is 0 Å².